The van der Waals surface area contributed by atoms with E-state index in [1.807, 2.05) is 0 Å². The van der Waals surface area contributed by atoms with E-state index in [4.69, 9.17) is 5.73 Å². The first-order valence-corrected chi connectivity index (χ1v) is 5.64. The Balaban J connectivity index is 2.11. The van der Waals surface area contributed by atoms with Crippen molar-refractivity contribution in [1.82, 2.24) is 0 Å². The largest absolute Gasteiger partial charge is 0.324 e. The van der Waals surface area contributed by atoms with Crippen molar-refractivity contribution in [3.63, 3.8) is 0 Å². The Morgan fingerprint density at radius 2 is 2.07 bits per heavy atom. The van der Waals surface area contributed by atoms with Gasteiger partial charge in [0.2, 0.25) is 0 Å². The molecule has 1 aliphatic carbocycles. The zero-order valence-electron chi connectivity index (χ0n) is 8.87. The number of rotatable bonds is 4. The van der Waals surface area contributed by atoms with Crippen LogP contribution >= 0.6 is 0 Å². The molecular weight excluding hydrogens is 170 g/mol. The second-order valence-corrected chi connectivity index (χ2v) is 4.34. The van der Waals surface area contributed by atoms with Gasteiger partial charge < -0.3 is 5.73 Å². The number of hydrogen-bond acceptors (Lipinski definition) is 1. The van der Waals surface area contributed by atoms with Crippen LogP contribution in [0.2, 0.25) is 0 Å². The zero-order valence-corrected chi connectivity index (χ0v) is 8.87. The molecule has 2 N–H and O–H groups in total. The molecule has 76 valence electrons. The van der Waals surface area contributed by atoms with Gasteiger partial charge in [-0.15, -0.1) is 0 Å². The van der Waals surface area contributed by atoms with Crippen LogP contribution in [0.3, 0.4) is 0 Å². The normalized spacial score (nSPS) is 18.1. The van der Waals surface area contributed by atoms with E-state index in [2.05, 4.69) is 31.2 Å². The molecule has 0 aromatic heterocycles. The van der Waals surface area contributed by atoms with Crippen molar-refractivity contribution in [2.24, 2.45) is 11.7 Å². The fourth-order valence-corrected chi connectivity index (χ4v) is 2.06. The maximum atomic E-state index is 6.21. The van der Waals surface area contributed by atoms with E-state index in [-0.39, 0.29) is 6.04 Å². The van der Waals surface area contributed by atoms with Gasteiger partial charge in [-0.1, -0.05) is 44.0 Å². The molecule has 1 nitrogen and oxygen atoms in total. The zero-order chi connectivity index (χ0) is 9.97. The number of benzene rings is 1. The predicted molar refractivity (Wildman–Crippen MR) is 60.1 cm³/mol. The van der Waals surface area contributed by atoms with Gasteiger partial charge in [-0.05, 0) is 29.9 Å². The third-order valence-electron chi connectivity index (χ3n) is 3.12. The molecule has 0 radical (unpaired) electrons. The fraction of sp³-hybridized carbons (Fsp3) is 0.538. The molecule has 14 heavy (non-hydrogen) atoms. The molecule has 0 aliphatic heterocycles. The first-order valence-electron chi connectivity index (χ1n) is 5.64. The highest BCUT2D eigenvalue weighted by atomic mass is 14.6. The van der Waals surface area contributed by atoms with E-state index in [1.165, 1.54) is 30.4 Å². The summed E-state index contributed by atoms with van der Waals surface area (Å²) in [6.45, 7) is 2.20. The molecule has 0 bridgehead atoms. The Kier molecular flexibility index (Phi) is 2.87. The first-order chi connectivity index (χ1) is 6.81. The lowest BCUT2D eigenvalue weighted by molar-refractivity contribution is 0.592. The van der Waals surface area contributed by atoms with Crippen LogP contribution in [-0.2, 0) is 6.42 Å². The lowest BCUT2D eigenvalue weighted by Gasteiger charge is -2.15. The van der Waals surface area contributed by atoms with Gasteiger partial charge in [0.1, 0.15) is 0 Å². The molecular formula is C13H19N. The van der Waals surface area contributed by atoms with Crippen LogP contribution in [0.5, 0.6) is 0 Å². The average Bonchev–Trinajstić information content (AvgIpc) is 3.01. The van der Waals surface area contributed by atoms with Crippen molar-refractivity contribution in [2.45, 2.75) is 38.6 Å². The summed E-state index contributed by atoms with van der Waals surface area (Å²) in [5.74, 6) is 0.912. The van der Waals surface area contributed by atoms with Crippen LogP contribution in [0.15, 0.2) is 24.3 Å². The summed E-state index contributed by atoms with van der Waals surface area (Å²) in [5.41, 5.74) is 8.99. The molecule has 1 aromatic rings. The number of hydrogen-bond donors (Lipinski definition) is 1. The molecule has 1 heteroatoms. The van der Waals surface area contributed by atoms with Crippen LogP contribution in [0.1, 0.15) is 43.4 Å². The highest BCUT2D eigenvalue weighted by Crippen LogP contribution is 2.37. The van der Waals surface area contributed by atoms with Gasteiger partial charge in [-0.3, -0.25) is 0 Å². The molecule has 1 saturated carbocycles. The van der Waals surface area contributed by atoms with Gasteiger partial charge >= 0.3 is 0 Å². The van der Waals surface area contributed by atoms with E-state index in [1.54, 1.807) is 0 Å². The van der Waals surface area contributed by atoms with Crippen molar-refractivity contribution >= 4 is 0 Å². The summed E-state index contributed by atoms with van der Waals surface area (Å²) in [4.78, 5) is 0. The monoisotopic (exact) mass is 189 g/mol. The maximum absolute atomic E-state index is 6.21. The molecule has 1 fully saturated rings. The minimum absolute atomic E-state index is 0.263. The van der Waals surface area contributed by atoms with Gasteiger partial charge in [-0.2, -0.15) is 0 Å². The van der Waals surface area contributed by atoms with Gasteiger partial charge in [0.25, 0.3) is 0 Å². The van der Waals surface area contributed by atoms with Crippen LogP contribution in [-0.4, -0.2) is 0 Å². The Labute approximate surface area is 86.3 Å². The Morgan fingerprint density at radius 3 is 2.71 bits per heavy atom. The fourth-order valence-electron chi connectivity index (χ4n) is 2.06. The third-order valence-corrected chi connectivity index (χ3v) is 3.12. The lowest BCUT2D eigenvalue weighted by Crippen LogP contribution is -2.13. The van der Waals surface area contributed by atoms with E-state index in [0.717, 1.165) is 12.3 Å². The molecule has 0 saturated heterocycles. The summed E-state index contributed by atoms with van der Waals surface area (Å²) in [6, 6.07) is 8.85. The SMILES string of the molecule is CCc1ccccc1C(N)CC1CC1. The molecule has 1 aliphatic rings. The molecule has 1 aromatic carbocycles. The van der Waals surface area contributed by atoms with Gasteiger partial charge in [-0.25, -0.2) is 0 Å². The Morgan fingerprint density at radius 1 is 1.36 bits per heavy atom. The van der Waals surface area contributed by atoms with Gasteiger partial charge in [0.05, 0.1) is 0 Å². The topological polar surface area (TPSA) is 26.0 Å². The van der Waals surface area contributed by atoms with E-state index in [0.29, 0.717) is 0 Å². The smallest absolute Gasteiger partial charge is 0.0300 e. The van der Waals surface area contributed by atoms with Crippen LogP contribution < -0.4 is 5.73 Å². The first kappa shape index (κ1) is 9.72. The molecule has 0 heterocycles. The second-order valence-electron chi connectivity index (χ2n) is 4.34. The quantitative estimate of drug-likeness (QED) is 0.774. The molecule has 0 amide bonds. The molecule has 0 spiro atoms. The minimum Gasteiger partial charge on any atom is -0.324 e. The number of nitrogens with two attached hydrogens (primary N) is 1. The van der Waals surface area contributed by atoms with Gasteiger partial charge in [0, 0.05) is 6.04 Å². The Bertz CT molecular complexity index is 302. The van der Waals surface area contributed by atoms with Crippen molar-refractivity contribution in [3.05, 3.63) is 35.4 Å². The summed E-state index contributed by atoms with van der Waals surface area (Å²) in [6.07, 6.45) is 5.05. The van der Waals surface area contributed by atoms with E-state index < -0.39 is 0 Å². The molecule has 2 rings (SSSR count). The molecule has 1 atom stereocenters. The van der Waals surface area contributed by atoms with E-state index >= 15 is 0 Å². The van der Waals surface area contributed by atoms with E-state index in [9.17, 15) is 0 Å². The van der Waals surface area contributed by atoms with Crippen molar-refractivity contribution < 1.29 is 0 Å². The average molecular weight is 189 g/mol. The highest BCUT2D eigenvalue weighted by Gasteiger charge is 2.24. The van der Waals surface area contributed by atoms with Crippen molar-refractivity contribution in [3.8, 4) is 0 Å². The summed E-state index contributed by atoms with van der Waals surface area (Å²) in [7, 11) is 0. The Hall–Kier alpha value is -0.820. The summed E-state index contributed by atoms with van der Waals surface area (Å²) >= 11 is 0. The van der Waals surface area contributed by atoms with Crippen molar-refractivity contribution in [1.29, 1.82) is 0 Å². The third kappa shape index (κ3) is 2.16. The second kappa shape index (κ2) is 4.14. The van der Waals surface area contributed by atoms with Crippen molar-refractivity contribution in [2.75, 3.05) is 0 Å². The minimum atomic E-state index is 0.263. The standard InChI is InChI=1S/C13H19N/c1-2-11-5-3-4-6-12(11)13(14)9-10-7-8-10/h3-6,10,13H,2,7-9,14H2,1H3. The van der Waals surface area contributed by atoms with Gasteiger partial charge in [0.15, 0.2) is 0 Å². The molecule has 1 unspecified atom stereocenters. The number of aryl methyl sites for hydroxylation is 1. The van der Waals surface area contributed by atoms with Crippen LogP contribution in [0.25, 0.3) is 0 Å². The lowest BCUT2D eigenvalue weighted by atomic mass is 9.96. The summed E-state index contributed by atoms with van der Waals surface area (Å²) in [5, 5.41) is 0. The van der Waals surface area contributed by atoms with Crippen LogP contribution in [0, 0.1) is 5.92 Å². The van der Waals surface area contributed by atoms with Crippen LogP contribution in [0.4, 0.5) is 0 Å². The maximum Gasteiger partial charge on any atom is 0.0300 e. The summed E-state index contributed by atoms with van der Waals surface area (Å²) < 4.78 is 0. The predicted octanol–water partition coefficient (Wildman–Crippen LogP) is 3.05. The highest BCUT2D eigenvalue weighted by molar-refractivity contribution is 5.29.